The molecule has 0 aromatic rings. The van der Waals surface area contributed by atoms with Crippen LogP contribution in [0.4, 0.5) is 0 Å². The van der Waals surface area contributed by atoms with E-state index < -0.39 is 23.6 Å². The van der Waals surface area contributed by atoms with Crippen molar-refractivity contribution in [3.63, 3.8) is 0 Å². The van der Waals surface area contributed by atoms with E-state index in [4.69, 9.17) is 14.2 Å². The van der Waals surface area contributed by atoms with Crippen LogP contribution in [0.5, 0.6) is 0 Å². The van der Waals surface area contributed by atoms with Crippen molar-refractivity contribution in [1.29, 1.82) is 0 Å². The van der Waals surface area contributed by atoms with E-state index in [9.17, 15) is 14.4 Å². The molecule has 0 radical (unpaired) electrons. The van der Waals surface area contributed by atoms with Crippen molar-refractivity contribution in [3.05, 3.63) is 23.8 Å². The van der Waals surface area contributed by atoms with Crippen LogP contribution in [0.2, 0.25) is 0 Å². The lowest BCUT2D eigenvalue weighted by Crippen LogP contribution is -2.41. The van der Waals surface area contributed by atoms with Crippen LogP contribution in [-0.2, 0) is 28.6 Å². The molecule has 0 aromatic carbocycles. The second-order valence-electron chi connectivity index (χ2n) is 10.2. The van der Waals surface area contributed by atoms with E-state index in [2.05, 4.69) is 26.8 Å². The third-order valence-electron chi connectivity index (χ3n) is 6.47. The molecule has 174 valence electrons. The topological polar surface area (TPSA) is 78.9 Å². The fourth-order valence-corrected chi connectivity index (χ4v) is 4.55. The Hall–Kier alpha value is -1.79. The smallest absolute Gasteiger partial charge is 0.311 e. The lowest BCUT2D eigenvalue weighted by Gasteiger charge is -2.42. The standard InChI is InChI=1S/C25H38O6/c1-15(2)17-9-8-16(3)18-12-22(30-14-29-7)20(26)10-11-21(27)23(13-19(17)18)31-24(28)25(4,5)6/h8,10-11,15,17-19,22-23H,9,12-14H2,1-7H3/b11-10-/t17-,18+,19-,22+,23-/m1/s1. The Morgan fingerprint density at radius 3 is 2.26 bits per heavy atom. The Kier molecular flexibility index (Phi) is 8.78. The summed E-state index contributed by atoms with van der Waals surface area (Å²) < 4.78 is 16.4. The lowest BCUT2D eigenvalue weighted by atomic mass is 9.64. The van der Waals surface area contributed by atoms with Gasteiger partial charge in [-0.25, -0.2) is 0 Å². The first-order valence-electron chi connectivity index (χ1n) is 11.2. The Balaban J connectivity index is 2.47. The van der Waals surface area contributed by atoms with E-state index >= 15 is 0 Å². The molecule has 31 heavy (non-hydrogen) atoms. The van der Waals surface area contributed by atoms with Gasteiger partial charge in [-0.15, -0.1) is 0 Å². The van der Waals surface area contributed by atoms with Gasteiger partial charge in [0.15, 0.2) is 17.7 Å². The molecular weight excluding hydrogens is 396 g/mol. The van der Waals surface area contributed by atoms with Gasteiger partial charge in [-0.3, -0.25) is 14.4 Å². The number of rotatable bonds is 5. The molecular formula is C25H38O6. The molecule has 0 amide bonds. The summed E-state index contributed by atoms with van der Waals surface area (Å²) in [6, 6.07) is 0. The normalized spacial score (nSPS) is 31.1. The number of carbonyl (C=O) groups excluding carboxylic acids is 3. The molecule has 5 atom stereocenters. The van der Waals surface area contributed by atoms with E-state index in [1.165, 1.54) is 24.8 Å². The predicted molar refractivity (Wildman–Crippen MR) is 118 cm³/mol. The SMILES string of the molecule is COCO[C@H]1C[C@H]2C(C)=CC[C@H](C(C)C)[C@H]2C[C@@H](OC(=O)C(C)(C)C)C(=O)/C=C\C1=O. The zero-order valence-corrected chi connectivity index (χ0v) is 20.0. The van der Waals surface area contributed by atoms with Gasteiger partial charge in [0.05, 0.1) is 5.41 Å². The summed E-state index contributed by atoms with van der Waals surface area (Å²) in [4.78, 5) is 38.4. The average molecular weight is 435 g/mol. The van der Waals surface area contributed by atoms with Crippen LogP contribution in [0.25, 0.3) is 0 Å². The zero-order chi connectivity index (χ0) is 23.3. The van der Waals surface area contributed by atoms with Gasteiger partial charge >= 0.3 is 5.97 Å². The minimum absolute atomic E-state index is 0.0117. The molecule has 6 nitrogen and oxygen atoms in total. The number of hydrogen-bond acceptors (Lipinski definition) is 6. The van der Waals surface area contributed by atoms with E-state index in [1.807, 2.05) is 0 Å². The van der Waals surface area contributed by atoms with Crippen LogP contribution < -0.4 is 0 Å². The van der Waals surface area contributed by atoms with Gasteiger partial charge in [0.1, 0.15) is 12.9 Å². The molecule has 0 spiro atoms. The number of hydrogen-bond donors (Lipinski definition) is 0. The fourth-order valence-electron chi connectivity index (χ4n) is 4.55. The molecule has 2 rings (SSSR count). The highest BCUT2D eigenvalue weighted by molar-refractivity contribution is 6.02. The zero-order valence-electron chi connectivity index (χ0n) is 20.0. The summed E-state index contributed by atoms with van der Waals surface area (Å²) in [7, 11) is 1.52. The maximum absolute atomic E-state index is 13.0. The molecule has 0 saturated carbocycles. The summed E-state index contributed by atoms with van der Waals surface area (Å²) in [5.74, 6) is -0.179. The highest BCUT2D eigenvalue weighted by atomic mass is 16.7. The third-order valence-corrected chi connectivity index (χ3v) is 6.47. The van der Waals surface area contributed by atoms with Crippen molar-refractivity contribution in [1.82, 2.24) is 0 Å². The van der Waals surface area contributed by atoms with Gasteiger partial charge in [-0.2, -0.15) is 0 Å². The maximum atomic E-state index is 13.0. The van der Waals surface area contributed by atoms with Crippen molar-refractivity contribution < 1.29 is 28.6 Å². The van der Waals surface area contributed by atoms with Crippen LogP contribution in [0.3, 0.4) is 0 Å². The highest BCUT2D eigenvalue weighted by Crippen LogP contribution is 2.44. The third kappa shape index (κ3) is 6.59. The molecule has 0 bridgehead atoms. The van der Waals surface area contributed by atoms with Crippen LogP contribution in [0, 0.1) is 29.1 Å². The number of fused-ring (bicyclic) bond motifs is 1. The Morgan fingerprint density at radius 1 is 1.10 bits per heavy atom. The summed E-state index contributed by atoms with van der Waals surface area (Å²) in [6.45, 7) is 11.7. The molecule has 0 aromatic heterocycles. The Labute approximate surface area is 186 Å². The molecule has 0 heterocycles. The summed E-state index contributed by atoms with van der Waals surface area (Å²) in [6.07, 6.45) is 5.01. The van der Waals surface area contributed by atoms with Gasteiger partial charge in [0.25, 0.3) is 0 Å². The van der Waals surface area contributed by atoms with Crippen LogP contribution >= 0.6 is 0 Å². The Bertz CT molecular complexity index is 727. The fraction of sp³-hybridized carbons (Fsp3) is 0.720. The highest BCUT2D eigenvalue weighted by Gasteiger charge is 2.41. The number of methoxy groups -OCH3 is 1. The summed E-state index contributed by atoms with van der Waals surface area (Å²) >= 11 is 0. The monoisotopic (exact) mass is 434 g/mol. The van der Waals surface area contributed by atoms with Crippen molar-refractivity contribution in [2.24, 2.45) is 29.1 Å². The number of ether oxygens (including phenoxy) is 3. The first-order chi connectivity index (χ1) is 14.5. The number of allylic oxidation sites excluding steroid dienone is 2. The number of esters is 1. The van der Waals surface area contributed by atoms with Crippen molar-refractivity contribution >= 4 is 17.5 Å². The number of carbonyl (C=O) groups is 3. The Morgan fingerprint density at radius 2 is 1.71 bits per heavy atom. The minimum Gasteiger partial charge on any atom is -0.454 e. The quantitative estimate of drug-likeness (QED) is 0.365. The van der Waals surface area contributed by atoms with E-state index in [-0.39, 0.29) is 30.2 Å². The van der Waals surface area contributed by atoms with Crippen molar-refractivity contribution in [3.8, 4) is 0 Å². The van der Waals surface area contributed by atoms with Gasteiger partial charge in [-0.05, 0) is 82.8 Å². The van der Waals surface area contributed by atoms with E-state index in [0.29, 0.717) is 24.7 Å². The molecule has 0 saturated heterocycles. The van der Waals surface area contributed by atoms with Gasteiger partial charge < -0.3 is 14.2 Å². The van der Waals surface area contributed by atoms with Crippen LogP contribution in [0.1, 0.15) is 60.8 Å². The second-order valence-corrected chi connectivity index (χ2v) is 10.2. The van der Waals surface area contributed by atoms with Crippen LogP contribution in [0.15, 0.2) is 23.8 Å². The van der Waals surface area contributed by atoms with Crippen molar-refractivity contribution in [2.75, 3.05) is 13.9 Å². The summed E-state index contributed by atoms with van der Waals surface area (Å²) in [5.41, 5.74) is 0.478. The first-order valence-corrected chi connectivity index (χ1v) is 11.2. The molecule has 6 heteroatoms. The maximum Gasteiger partial charge on any atom is 0.311 e. The van der Waals surface area contributed by atoms with E-state index in [1.54, 1.807) is 20.8 Å². The number of ketones is 2. The van der Waals surface area contributed by atoms with E-state index in [0.717, 1.165) is 6.42 Å². The molecule has 0 fully saturated rings. The van der Waals surface area contributed by atoms with Gasteiger partial charge in [0.2, 0.25) is 0 Å². The predicted octanol–water partition coefficient (Wildman–Crippen LogP) is 4.28. The summed E-state index contributed by atoms with van der Waals surface area (Å²) in [5, 5.41) is 0. The van der Waals surface area contributed by atoms with Gasteiger partial charge in [0, 0.05) is 7.11 Å². The first kappa shape index (κ1) is 25.5. The molecule has 2 aliphatic carbocycles. The molecule has 0 aliphatic heterocycles. The average Bonchev–Trinajstić information content (AvgIpc) is 2.68. The largest absolute Gasteiger partial charge is 0.454 e. The minimum atomic E-state index is -0.896. The van der Waals surface area contributed by atoms with Crippen LogP contribution in [-0.4, -0.2) is 43.6 Å². The molecule has 0 unspecified atom stereocenters. The van der Waals surface area contributed by atoms with Gasteiger partial charge in [-0.1, -0.05) is 25.5 Å². The lowest BCUT2D eigenvalue weighted by molar-refractivity contribution is -0.163. The van der Waals surface area contributed by atoms with Crippen molar-refractivity contribution in [2.45, 2.75) is 73.0 Å². The molecule has 0 N–H and O–H groups in total. The second kappa shape index (κ2) is 10.7. The molecule has 2 aliphatic rings.